The summed E-state index contributed by atoms with van der Waals surface area (Å²) in [6, 6.07) is 0. The normalized spacial score (nSPS) is 19.4. The molecule has 0 aromatic carbocycles. The molecule has 0 unspecified atom stereocenters. The highest BCUT2D eigenvalue weighted by molar-refractivity contribution is 6.04. The van der Waals surface area contributed by atoms with Gasteiger partial charge in [0.25, 0.3) is 5.91 Å². The second kappa shape index (κ2) is 4.19. The van der Waals surface area contributed by atoms with Gasteiger partial charge in [-0.2, -0.15) is 0 Å². The van der Waals surface area contributed by atoms with Gasteiger partial charge in [-0.15, -0.1) is 0 Å². The molecule has 106 valence electrons. The van der Waals surface area contributed by atoms with Crippen LogP contribution in [-0.4, -0.2) is 28.3 Å². The molecule has 2 aliphatic carbocycles. The van der Waals surface area contributed by atoms with Crippen molar-refractivity contribution < 1.29 is 23.9 Å². The lowest BCUT2D eigenvalue weighted by molar-refractivity contribution is -0.140. The summed E-state index contributed by atoms with van der Waals surface area (Å²) in [5.41, 5.74) is -0.133. The molecule has 1 aromatic rings. The highest BCUT2D eigenvalue weighted by Gasteiger charge is 2.52. The Balaban J connectivity index is 1.90. The number of rotatable bonds is 3. The number of carbonyl (C=O) groups is 3. The van der Waals surface area contributed by atoms with E-state index in [-0.39, 0.29) is 11.5 Å². The number of ketones is 1. The minimum atomic E-state index is -1.15. The zero-order chi connectivity index (χ0) is 14.5. The van der Waals surface area contributed by atoms with E-state index in [1.54, 1.807) is 6.92 Å². The third-order valence-corrected chi connectivity index (χ3v) is 4.02. The number of Topliss-reactive ketones (excluding diaryl/α,β-unsaturated/α-hetero) is 1. The molecule has 0 radical (unpaired) electrons. The number of aliphatic carboxylic acids is 1. The predicted octanol–water partition coefficient (Wildman–Crippen LogP) is 1.45. The molecule has 20 heavy (non-hydrogen) atoms. The average Bonchev–Trinajstić information content (AvgIpc) is 3.08. The number of hydrogen-bond acceptors (Lipinski definition) is 4. The topological polar surface area (TPSA) is 96.6 Å². The zero-order valence-corrected chi connectivity index (χ0v) is 11.1. The molecule has 0 spiro atoms. The minimum Gasteiger partial charge on any atom is -0.480 e. The van der Waals surface area contributed by atoms with Crippen LogP contribution in [0.15, 0.2) is 4.42 Å². The highest BCUT2D eigenvalue weighted by Crippen LogP contribution is 2.36. The number of furan rings is 1. The van der Waals surface area contributed by atoms with Gasteiger partial charge in [-0.3, -0.25) is 9.59 Å². The Morgan fingerprint density at radius 2 is 2.00 bits per heavy atom. The van der Waals surface area contributed by atoms with E-state index in [9.17, 15) is 14.4 Å². The fraction of sp³-hybridized carbons (Fsp3) is 0.500. The molecule has 1 fully saturated rings. The van der Waals surface area contributed by atoms with Crippen LogP contribution >= 0.6 is 0 Å². The van der Waals surface area contributed by atoms with E-state index in [2.05, 4.69) is 5.32 Å². The SMILES string of the molecule is Cc1c(C(=O)NC2(C(=O)O)CC2)oc2c1C(=O)CCC2. The summed E-state index contributed by atoms with van der Waals surface area (Å²) in [5.74, 6) is -0.978. The predicted molar refractivity (Wildman–Crippen MR) is 67.8 cm³/mol. The summed E-state index contributed by atoms with van der Waals surface area (Å²) >= 11 is 0. The Bertz CT molecular complexity index is 624. The van der Waals surface area contributed by atoms with Crippen LogP contribution in [0.4, 0.5) is 0 Å². The van der Waals surface area contributed by atoms with Gasteiger partial charge in [-0.05, 0) is 26.2 Å². The molecule has 1 aromatic heterocycles. The third-order valence-electron chi connectivity index (χ3n) is 4.02. The number of carbonyl (C=O) groups excluding carboxylic acids is 2. The maximum Gasteiger partial charge on any atom is 0.329 e. The van der Waals surface area contributed by atoms with Gasteiger partial charge in [0.15, 0.2) is 11.5 Å². The van der Waals surface area contributed by atoms with E-state index in [1.807, 2.05) is 0 Å². The van der Waals surface area contributed by atoms with Crippen molar-refractivity contribution in [2.24, 2.45) is 0 Å². The molecule has 0 bridgehead atoms. The Kier molecular flexibility index (Phi) is 2.70. The molecule has 1 saturated carbocycles. The van der Waals surface area contributed by atoms with Crippen LogP contribution < -0.4 is 5.32 Å². The fourth-order valence-electron chi connectivity index (χ4n) is 2.66. The molecule has 0 atom stereocenters. The molecule has 2 aliphatic rings. The number of aryl methyl sites for hydroxylation is 1. The van der Waals surface area contributed by atoms with Crippen LogP contribution in [0.1, 0.15) is 57.9 Å². The molecule has 6 nitrogen and oxygen atoms in total. The van der Waals surface area contributed by atoms with Gasteiger partial charge in [0.1, 0.15) is 11.3 Å². The number of nitrogens with one attached hydrogen (secondary N) is 1. The summed E-state index contributed by atoms with van der Waals surface area (Å²) in [6.07, 6.45) is 2.67. The number of hydrogen-bond donors (Lipinski definition) is 2. The lowest BCUT2D eigenvalue weighted by Gasteiger charge is -2.11. The van der Waals surface area contributed by atoms with E-state index < -0.39 is 17.4 Å². The molecule has 0 saturated heterocycles. The summed E-state index contributed by atoms with van der Waals surface area (Å²) in [4.78, 5) is 35.1. The van der Waals surface area contributed by atoms with Gasteiger partial charge in [0.05, 0.1) is 5.56 Å². The Morgan fingerprint density at radius 1 is 1.30 bits per heavy atom. The molecular weight excluding hydrogens is 262 g/mol. The molecule has 1 amide bonds. The molecule has 1 heterocycles. The monoisotopic (exact) mass is 277 g/mol. The zero-order valence-electron chi connectivity index (χ0n) is 11.1. The smallest absolute Gasteiger partial charge is 0.329 e. The van der Waals surface area contributed by atoms with Crippen molar-refractivity contribution in [3.8, 4) is 0 Å². The van der Waals surface area contributed by atoms with Crippen molar-refractivity contribution in [2.75, 3.05) is 0 Å². The molecule has 0 aliphatic heterocycles. The van der Waals surface area contributed by atoms with Gasteiger partial charge in [-0.1, -0.05) is 0 Å². The first-order valence-corrected chi connectivity index (χ1v) is 6.66. The number of carboxylic acids is 1. The largest absolute Gasteiger partial charge is 0.480 e. The summed E-state index contributed by atoms with van der Waals surface area (Å²) in [6.45, 7) is 1.67. The Labute approximate surface area is 115 Å². The molecule has 2 N–H and O–H groups in total. The number of amides is 1. The van der Waals surface area contributed by atoms with E-state index >= 15 is 0 Å². The van der Waals surface area contributed by atoms with Crippen LogP contribution in [-0.2, 0) is 11.2 Å². The van der Waals surface area contributed by atoms with Crippen LogP contribution in [0, 0.1) is 6.92 Å². The summed E-state index contributed by atoms with van der Waals surface area (Å²) in [7, 11) is 0. The summed E-state index contributed by atoms with van der Waals surface area (Å²) in [5, 5.41) is 11.6. The van der Waals surface area contributed by atoms with Crippen molar-refractivity contribution in [1.82, 2.24) is 5.32 Å². The van der Waals surface area contributed by atoms with E-state index in [0.29, 0.717) is 42.6 Å². The highest BCUT2D eigenvalue weighted by atomic mass is 16.4. The van der Waals surface area contributed by atoms with Gasteiger partial charge < -0.3 is 14.8 Å². The van der Waals surface area contributed by atoms with Gasteiger partial charge >= 0.3 is 5.97 Å². The van der Waals surface area contributed by atoms with Gasteiger partial charge in [-0.25, -0.2) is 4.79 Å². The quantitative estimate of drug-likeness (QED) is 0.871. The number of carboxylic acid groups (broad SMARTS) is 1. The van der Waals surface area contributed by atoms with Crippen molar-refractivity contribution in [2.45, 2.75) is 44.6 Å². The van der Waals surface area contributed by atoms with Gasteiger partial charge in [0.2, 0.25) is 0 Å². The van der Waals surface area contributed by atoms with Gasteiger partial charge in [0, 0.05) is 18.4 Å². The maximum absolute atomic E-state index is 12.2. The van der Waals surface area contributed by atoms with E-state index in [1.165, 1.54) is 0 Å². The van der Waals surface area contributed by atoms with Crippen LogP contribution in [0.25, 0.3) is 0 Å². The minimum absolute atomic E-state index is 0.00841. The molecule has 3 rings (SSSR count). The second-order valence-electron chi connectivity index (χ2n) is 5.47. The number of fused-ring (bicyclic) bond motifs is 1. The lowest BCUT2D eigenvalue weighted by Crippen LogP contribution is -2.43. The van der Waals surface area contributed by atoms with Crippen LogP contribution in [0.2, 0.25) is 0 Å². The van der Waals surface area contributed by atoms with Crippen molar-refractivity contribution in [3.05, 3.63) is 22.6 Å². The first-order chi connectivity index (χ1) is 9.44. The standard InChI is InChI=1S/C14H15NO5/c1-7-10-8(16)3-2-4-9(10)20-11(7)12(17)15-14(5-6-14)13(18)19/h2-6H2,1H3,(H,15,17)(H,18,19). The average molecular weight is 277 g/mol. The lowest BCUT2D eigenvalue weighted by atomic mass is 9.94. The van der Waals surface area contributed by atoms with Crippen LogP contribution in [0.3, 0.4) is 0 Å². The Hall–Kier alpha value is -2.11. The van der Waals surface area contributed by atoms with E-state index in [0.717, 1.165) is 6.42 Å². The first-order valence-electron chi connectivity index (χ1n) is 6.66. The van der Waals surface area contributed by atoms with Crippen LogP contribution in [0.5, 0.6) is 0 Å². The second-order valence-corrected chi connectivity index (χ2v) is 5.47. The maximum atomic E-state index is 12.2. The summed E-state index contributed by atoms with van der Waals surface area (Å²) < 4.78 is 5.50. The van der Waals surface area contributed by atoms with Crippen molar-refractivity contribution in [1.29, 1.82) is 0 Å². The first kappa shape index (κ1) is 12.9. The Morgan fingerprint density at radius 3 is 2.55 bits per heavy atom. The van der Waals surface area contributed by atoms with Crippen molar-refractivity contribution >= 4 is 17.7 Å². The van der Waals surface area contributed by atoms with E-state index in [4.69, 9.17) is 9.52 Å². The molecule has 6 heteroatoms. The third kappa shape index (κ3) is 1.83. The fourth-order valence-corrected chi connectivity index (χ4v) is 2.66. The van der Waals surface area contributed by atoms with Crippen molar-refractivity contribution in [3.63, 3.8) is 0 Å². The molecular formula is C14H15NO5.